The second-order valence-electron chi connectivity index (χ2n) is 4.79. The van der Waals surface area contributed by atoms with E-state index in [4.69, 9.17) is 0 Å². The van der Waals surface area contributed by atoms with Crippen molar-refractivity contribution in [3.63, 3.8) is 0 Å². The van der Waals surface area contributed by atoms with Gasteiger partial charge in [0.1, 0.15) is 4.47 Å². The molecule has 0 aliphatic carbocycles. The van der Waals surface area contributed by atoms with Crippen molar-refractivity contribution >= 4 is 15.9 Å². The van der Waals surface area contributed by atoms with Gasteiger partial charge in [0.15, 0.2) is 0 Å². The van der Waals surface area contributed by atoms with Crippen LogP contribution in [0.3, 0.4) is 0 Å². The number of halogens is 1. The van der Waals surface area contributed by atoms with Crippen molar-refractivity contribution in [2.24, 2.45) is 7.05 Å². The Labute approximate surface area is 115 Å². The summed E-state index contributed by atoms with van der Waals surface area (Å²) in [5.74, 6) is 0.498. The number of hydrogen-bond donors (Lipinski definition) is 0. The van der Waals surface area contributed by atoms with E-state index in [9.17, 15) is 4.79 Å². The van der Waals surface area contributed by atoms with E-state index in [-0.39, 0.29) is 5.56 Å². The summed E-state index contributed by atoms with van der Waals surface area (Å²) in [4.78, 5) is 12.1. The van der Waals surface area contributed by atoms with E-state index >= 15 is 0 Å². The molecule has 3 nitrogen and oxygen atoms in total. The molecule has 2 aromatic rings. The highest BCUT2D eigenvalue weighted by molar-refractivity contribution is 9.10. The van der Waals surface area contributed by atoms with Gasteiger partial charge < -0.3 is 0 Å². The number of rotatable bonds is 2. The Kier molecular flexibility index (Phi) is 3.48. The van der Waals surface area contributed by atoms with Gasteiger partial charge in [-0.15, -0.1) is 0 Å². The minimum atomic E-state index is -0.0210. The van der Waals surface area contributed by atoms with Crippen LogP contribution < -0.4 is 5.56 Å². The van der Waals surface area contributed by atoms with Gasteiger partial charge in [-0.3, -0.25) is 9.48 Å². The van der Waals surface area contributed by atoms with Crippen LogP contribution in [-0.2, 0) is 7.05 Å². The highest BCUT2D eigenvalue weighted by atomic mass is 79.9. The van der Waals surface area contributed by atoms with Crippen molar-refractivity contribution < 1.29 is 0 Å². The first-order chi connectivity index (χ1) is 8.43. The fraction of sp³-hybridized carbons (Fsp3) is 0.357. The topological polar surface area (TPSA) is 26.9 Å². The highest BCUT2D eigenvalue weighted by Gasteiger charge is 2.13. The molecule has 0 N–H and O–H groups in total. The fourth-order valence-electron chi connectivity index (χ4n) is 1.97. The molecule has 0 bridgehead atoms. The van der Waals surface area contributed by atoms with Gasteiger partial charge in [-0.05, 0) is 46.5 Å². The third-order valence-corrected chi connectivity index (χ3v) is 4.20. The van der Waals surface area contributed by atoms with Gasteiger partial charge in [-0.1, -0.05) is 26.0 Å². The molecule has 0 saturated carbocycles. The Morgan fingerprint density at radius 1 is 1.17 bits per heavy atom. The zero-order valence-electron chi connectivity index (χ0n) is 11.1. The number of hydrogen-bond acceptors (Lipinski definition) is 1. The predicted molar refractivity (Wildman–Crippen MR) is 77.5 cm³/mol. The van der Waals surface area contributed by atoms with Crippen molar-refractivity contribution in [1.29, 1.82) is 0 Å². The van der Waals surface area contributed by atoms with E-state index in [1.54, 1.807) is 4.68 Å². The van der Waals surface area contributed by atoms with Crippen LogP contribution in [-0.4, -0.2) is 9.36 Å². The number of nitrogens with zero attached hydrogens (tertiary/aromatic N) is 2. The SMILES string of the molecule is Cc1c(Br)c(=O)n(-c2ccc(C(C)C)cc2)n1C. The first kappa shape index (κ1) is 13.1. The zero-order chi connectivity index (χ0) is 13.4. The van der Waals surface area contributed by atoms with Crippen LogP contribution in [0.1, 0.15) is 31.0 Å². The lowest BCUT2D eigenvalue weighted by molar-refractivity contribution is 0.629. The molecule has 4 heteroatoms. The first-order valence-corrected chi connectivity index (χ1v) is 6.77. The fourth-order valence-corrected chi connectivity index (χ4v) is 2.39. The van der Waals surface area contributed by atoms with Crippen LogP contribution in [0.15, 0.2) is 33.5 Å². The molecule has 2 rings (SSSR count). The summed E-state index contributed by atoms with van der Waals surface area (Å²) in [7, 11) is 1.89. The second kappa shape index (κ2) is 4.76. The maximum Gasteiger partial charge on any atom is 0.285 e. The third-order valence-electron chi connectivity index (χ3n) is 3.29. The molecule has 0 atom stereocenters. The van der Waals surface area contributed by atoms with Crippen LogP contribution in [0.25, 0.3) is 5.69 Å². The van der Waals surface area contributed by atoms with E-state index in [1.165, 1.54) is 5.56 Å². The van der Waals surface area contributed by atoms with Crippen molar-refractivity contribution in [3.05, 3.63) is 50.3 Å². The van der Waals surface area contributed by atoms with E-state index in [2.05, 4.69) is 41.9 Å². The predicted octanol–water partition coefficient (Wildman–Crippen LogP) is 3.37. The molecule has 0 radical (unpaired) electrons. The van der Waals surface area contributed by atoms with Gasteiger partial charge >= 0.3 is 0 Å². The van der Waals surface area contributed by atoms with E-state index in [1.807, 2.05) is 30.8 Å². The summed E-state index contributed by atoms with van der Waals surface area (Å²) >= 11 is 3.33. The van der Waals surface area contributed by atoms with Crippen LogP contribution in [0.2, 0.25) is 0 Å². The lowest BCUT2D eigenvalue weighted by Gasteiger charge is -2.10. The maximum atomic E-state index is 12.1. The molecule has 0 unspecified atom stereocenters. The quantitative estimate of drug-likeness (QED) is 0.835. The summed E-state index contributed by atoms with van der Waals surface area (Å²) in [6.07, 6.45) is 0. The monoisotopic (exact) mass is 308 g/mol. The second-order valence-corrected chi connectivity index (χ2v) is 5.58. The summed E-state index contributed by atoms with van der Waals surface area (Å²) in [6.45, 7) is 6.24. The van der Waals surface area contributed by atoms with Gasteiger partial charge in [0.05, 0.1) is 11.4 Å². The van der Waals surface area contributed by atoms with E-state index in [0.29, 0.717) is 10.4 Å². The molecule has 0 aliphatic rings. The summed E-state index contributed by atoms with van der Waals surface area (Å²) in [6, 6.07) is 8.12. The highest BCUT2D eigenvalue weighted by Crippen LogP contribution is 2.18. The molecule has 1 aromatic carbocycles. The van der Waals surface area contributed by atoms with Gasteiger partial charge in [0, 0.05) is 7.05 Å². The molecule has 0 fully saturated rings. The summed E-state index contributed by atoms with van der Waals surface area (Å²) in [5.41, 5.74) is 3.07. The van der Waals surface area contributed by atoms with E-state index < -0.39 is 0 Å². The Morgan fingerprint density at radius 3 is 2.11 bits per heavy atom. The summed E-state index contributed by atoms with van der Waals surface area (Å²) < 4.78 is 4.15. The van der Waals surface area contributed by atoms with Gasteiger partial charge in [0.2, 0.25) is 0 Å². The standard InChI is InChI=1S/C14H17BrN2O/c1-9(2)11-5-7-12(8-6-11)17-14(18)13(15)10(3)16(17)4/h5-9H,1-4H3. The summed E-state index contributed by atoms with van der Waals surface area (Å²) in [5, 5.41) is 0. The minimum Gasteiger partial charge on any atom is -0.284 e. The van der Waals surface area contributed by atoms with Crippen LogP contribution in [0, 0.1) is 6.92 Å². The Bertz CT molecular complexity index is 620. The van der Waals surface area contributed by atoms with Crippen molar-refractivity contribution in [3.8, 4) is 5.69 Å². The zero-order valence-corrected chi connectivity index (χ0v) is 12.7. The van der Waals surface area contributed by atoms with Crippen LogP contribution in [0.4, 0.5) is 0 Å². The molecule has 0 amide bonds. The van der Waals surface area contributed by atoms with Crippen molar-refractivity contribution in [1.82, 2.24) is 9.36 Å². The average Bonchev–Trinajstić information content (AvgIpc) is 2.54. The van der Waals surface area contributed by atoms with Crippen LogP contribution in [0.5, 0.6) is 0 Å². The lowest BCUT2D eigenvalue weighted by Crippen LogP contribution is -2.19. The Hall–Kier alpha value is -1.29. The van der Waals surface area contributed by atoms with Crippen LogP contribution >= 0.6 is 15.9 Å². The molecule has 1 aromatic heterocycles. The molecule has 18 heavy (non-hydrogen) atoms. The Balaban J connectivity index is 2.56. The van der Waals surface area contributed by atoms with E-state index in [0.717, 1.165) is 11.4 Å². The molecule has 96 valence electrons. The molecule has 0 spiro atoms. The van der Waals surface area contributed by atoms with Gasteiger partial charge in [-0.25, -0.2) is 4.68 Å². The molecule has 1 heterocycles. The van der Waals surface area contributed by atoms with Crippen molar-refractivity contribution in [2.45, 2.75) is 26.7 Å². The maximum absolute atomic E-state index is 12.1. The molecule has 0 aliphatic heterocycles. The molecular weight excluding hydrogens is 292 g/mol. The van der Waals surface area contributed by atoms with Crippen molar-refractivity contribution in [2.75, 3.05) is 0 Å². The minimum absolute atomic E-state index is 0.0210. The number of benzene rings is 1. The smallest absolute Gasteiger partial charge is 0.284 e. The first-order valence-electron chi connectivity index (χ1n) is 5.98. The third kappa shape index (κ3) is 2.05. The Morgan fingerprint density at radius 2 is 1.72 bits per heavy atom. The number of aromatic nitrogens is 2. The molecular formula is C14H17BrN2O. The average molecular weight is 309 g/mol. The normalized spacial score (nSPS) is 11.2. The molecule has 0 saturated heterocycles. The lowest BCUT2D eigenvalue weighted by atomic mass is 10.0. The van der Waals surface area contributed by atoms with Gasteiger partial charge in [-0.2, -0.15) is 0 Å². The largest absolute Gasteiger partial charge is 0.285 e. The van der Waals surface area contributed by atoms with Gasteiger partial charge in [0.25, 0.3) is 5.56 Å².